The Hall–Kier alpha value is -2.16. The maximum absolute atomic E-state index is 6.20. The molecule has 4 heteroatoms. The molecule has 0 fully saturated rings. The van der Waals surface area contributed by atoms with E-state index in [-0.39, 0.29) is 0 Å². The van der Waals surface area contributed by atoms with E-state index in [0.717, 1.165) is 22.6 Å². The van der Waals surface area contributed by atoms with Crippen LogP contribution in [0.2, 0.25) is 10.0 Å². The summed E-state index contributed by atoms with van der Waals surface area (Å²) in [5, 5.41) is 4.83. The third kappa shape index (κ3) is 4.68. The number of hydrogen-bond donors (Lipinski definition) is 1. The van der Waals surface area contributed by atoms with Crippen molar-refractivity contribution in [3.05, 3.63) is 93.5 Å². The lowest BCUT2D eigenvalue weighted by atomic mass is 10.1. The maximum Gasteiger partial charge on any atom is 0.124 e. The van der Waals surface area contributed by atoms with Gasteiger partial charge in [0.05, 0.1) is 0 Å². The summed E-state index contributed by atoms with van der Waals surface area (Å²) in [5.41, 5.74) is 4.25. The van der Waals surface area contributed by atoms with Crippen LogP contribution in [-0.4, -0.2) is 0 Å². The molecule has 0 unspecified atom stereocenters. The minimum atomic E-state index is 0.415. The largest absolute Gasteiger partial charge is 0.488 e. The fraction of sp³-hybridized carbons (Fsp3) is 0.143. The van der Waals surface area contributed by atoms with Gasteiger partial charge in [-0.15, -0.1) is 0 Å². The summed E-state index contributed by atoms with van der Waals surface area (Å²) >= 11 is 12.4. The van der Waals surface area contributed by atoms with Gasteiger partial charge in [-0.25, -0.2) is 0 Å². The highest BCUT2D eigenvalue weighted by atomic mass is 35.5. The van der Waals surface area contributed by atoms with Gasteiger partial charge in [0.1, 0.15) is 12.4 Å². The minimum Gasteiger partial charge on any atom is -0.488 e. The first-order valence-corrected chi connectivity index (χ1v) is 8.83. The number of benzene rings is 3. The molecule has 25 heavy (non-hydrogen) atoms. The molecule has 0 aliphatic rings. The Bertz CT molecular complexity index is 864. The molecule has 3 rings (SSSR count). The van der Waals surface area contributed by atoms with Crippen molar-refractivity contribution in [1.82, 2.24) is 0 Å². The van der Waals surface area contributed by atoms with Crippen LogP contribution in [0.3, 0.4) is 0 Å². The maximum atomic E-state index is 6.20. The van der Waals surface area contributed by atoms with Crippen LogP contribution >= 0.6 is 23.2 Å². The van der Waals surface area contributed by atoms with Crippen molar-refractivity contribution in [1.29, 1.82) is 0 Å². The Labute approximate surface area is 158 Å². The van der Waals surface area contributed by atoms with Crippen molar-refractivity contribution in [3.8, 4) is 5.75 Å². The van der Waals surface area contributed by atoms with Crippen molar-refractivity contribution >= 4 is 28.9 Å². The number of rotatable bonds is 6. The number of hydrogen-bond acceptors (Lipinski definition) is 2. The van der Waals surface area contributed by atoms with E-state index < -0.39 is 0 Å². The number of nitrogens with one attached hydrogen (secondary N) is 1. The molecular formula is C21H19Cl2NO. The summed E-state index contributed by atoms with van der Waals surface area (Å²) in [4.78, 5) is 0. The first kappa shape index (κ1) is 17.7. The Morgan fingerprint density at radius 2 is 1.64 bits per heavy atom. The Morgan fingerprint density at radius 3 is 2.44 bits per heavy atom. The van der Waals surface area contributed by atoms with E-state index in [2.05, 4.69) is 24.4 Å². The SMILES string of the molecule is Cc1ccccc1NCc1cc(Cl)ccc1OCc1ccccc1Cl. The van der Waals surface area contributed by atoms with Crippen LogP contribution in [0.25, 0.3) is 0 Å². The summed E-state index contributed by atoms with van der Waals surface area (Å²) in [5.74, 6) is 0.797. The molecule has 0 radical (unpaired) electrons. The second kappa shape index (κ2) is 8.28. The molecule has 0 heterocycles. The number of ether oxygens (including phenoxy) is 1. The zero-order valence-electron chi connectivity index (χ0n) is 13.9. The number of halogens is 2. The van der Waals surface area contributed by atoms with E-state index in [4.69, 9.17) is 27.9 Å². The fourth-order valence-electron chi connectivity index (χ4n) is 2.56. The molecule has 0 aromatic heterocycles. The van der Waals surface area contributed by atoms with E-state index in [1.165, 1.54) is 5.56 Å². The monoisotopic (exact) mass is 371 g/mol. The quantitative estimate of drug-likeness (QED) is 0.534. The number of para-hydroxylation sites is 1. The van der Waals surface area contributed by atoms with Crippen LogP contribution in [0, 0.1) is 6.92 Å². The third-order valence-corrected chi connectivity index (χ3v) is 4.58. The molecular weight excluding hydrogens is 353 g/mol. The van der Waals surface area contributed by atoms with Gasteiger partial charge in [-0.3, -0.25) is 0 Å². The Balaban J connectivity index is 1.74. The van der Waals surface area contributed by atoms with Crippen LogP contribution in [0.15, 0.2) is 66.7 Å². The summed E-state index contributed by atoms with van der Waals surface area (Å²) in [7, 11) is 0. The molecule has 0 aliphatic heterocycles. The van der Waals surface area contributed by atoms with Gasteiger partial charge in [0.15, 0.2) is 0 Å². The Morgan fingerprint density at radius 1 is 0.880 bits per heavy atom. The average Bonchev–Trinajstić information content (AvgIpc) is 2.61. The van der Waals surface area contributed by atoms with Crippen molar-refractivity contribution in [2.75, 3.05) is 5.32 Å². The second-order valence-corrected chi connectivity index (χ2v) is 6.64. The van der Waals surface area contributed by atoms with Crippen LogP contribution in [-0.2, 0) is 13.2 Å². The van der Waals surface area contributed by atoms with Gasteiger partial charge in [-0.1, -0.05) is 59.6 Å². The van der Waals surface area contributed by atoms with Crippen LogP contribution in [0.1, 0.15) is 16.7 Å². The molecule has 0 spiro atoms. The van der Waals surface area contributed by atoms with E-state index in [0.29, 0.717) is 23.2 Å². The lowest BCUT2D eigenvalue weighted by molar-refractivity contribution is 0.303. The van der Waals surface area contributed by atoms with Gasteiger partial charge in [-0.2, -0.15) is 0 Å². The van der Waals surface area contributed by atoms with E-state index >= 15 is 0 Å². The molecule has 3 aromatic carbocycles. The lowest BCUT2D eigenvalue weighted by Crippen LogP contribution is -2.05. The highest BCUT2D eigenvalue weighted by molar-refractivity contribution is 6.31. The zero-order chi connectivity index (χ0) is 17.6. The molecule has 3 aromatic rings. The smallest absolute Gasteiger partial charge is 0.124 e. The molecule has 0 amide bonds. The van der Waals surface area contributed by atoms with Crippen LogP contribution in [0.4, 0.5) is 5.69 Å². The summed E-state index contributed by atoms with van der Waals surface area (Å²) in [6, 6.07) is 21.5. The molecule has 0 saturated heterocycles. The van der Waals surface area contributed by atoms with E-state index in [9.17, 15) is 0 Å². The van der Waals surface area contributed by atoms with Crippen molar-refractivity contribution in [2.24, 2.45) is 0 Å². The predicted octanol–water partition coefficient (Wildman–Crippen LogP) is 6.49. The minimum absolute atomic E-state index is 0.415. The fourth-order valence-corrected chi connectivity index (χ4v) is 2.94. The third-order valence-electron chi connectivity index (χ3n) is 3.98. The Kier molecular flexibility index (Phi) is 5.85. The lowest BCUT2D eigenvalue weighted by Gasteiger charge is -2.15. The molecule has 0 saturated carbocycles. The molecule has 1 N–H and O–H groups in total. The standard InChI is InChI=1S/C21H19Cl2NO/c1-15-6-2-5-9-20(15)24-13-17-12-18(22)10-11-21(17)25-14-16-7-3-4-8-19(16)23/h2-12,24H,13-14H2,1H3. The van der Waals surface area contributed by atoms with Gasteiger partial charge in [0.2, 0.25) is 0 Å². The molecule has 128 valence electrons. The van der Waals surface area contributed by atoms with Gasteiger partial charge in [-0.05, 0) is 42.8 Å². The van der Waals surface area contributed by atoms with E-state index in [1.807, 2.05) is 54.6 Å². The van der Waals surface area contributed by atoms with Crippen LogP contribution in [0.5, 0.6) is 5.75 Å². The molecule has 0 aliphatic carbocycles. The first-order valence-electron chi connectivity index (χ1n) is 8.07. The number of aryl methyl sites for hydroxylation is 1. The topological polar surface area (TPSA) is 21.3 Å². The molecule has 0 atom stereocenters. The molecule has 2 nitrogen and oxygen atoms in total. The van der Waals surface area contributed by atoms with Gasteiger partial charge in [0, 0.05) is 33.4 Å². The van der Waals surface area contributed by atoms with Crippen LogP contribution < -0.4 is 10.1 Å². The average molecular weight is 372 g/mol. The van der Waals surface area contributed by atoms with Gasteiger partial charge in [0.25, 0.3) is 0 Å². The van der Waals surface area contributed by atoms with Crippen molar-refractivity contribution in [3.63, 3.8) is 0 Å². The van der Waals surface area contributed by atoms with Crippen molar-refractivity contribution in [2.45, 2.75) is 20.1 Å². The van der Waals surface area contributed by atoms with E-state index in [1.54, 1.807) is 0 Å². The van der Waals surface area contributed by atoms with Crippen molar-refractivity contribution < 1.29 is 4.74 Å². The predicted molar refractivity (Wildman–Crippen MR) is 106 cm³/mol. The normalized spacial score (nSPS) is 10.5. The second-order valence-electron chi connectivity index (χ2n) is 5.80. The van der Waals surface area contributed by atoms with Gasteiger partial charge < -0.3 is 10.1 Å². The summed E-state index contributed by atoms with van der Waals surface area (Å²) in [6.45, 7) is 3.12. The zero-order valence-corrected chi connectivity index (χ0v) is 15.4. The highest BCUT2D eigenvalue weighted by Crippen LogP contribution is 2.26. The first-order chi connectivity index (χ1) is 12.1. The van der Waals surface area contributed by atoms with Gasteiger partial charge >= 0.3 is 0 Å². The number of anilines is 1. The summed E-state index contributed by atoms with van der Waals surface area (Å²) in [6.07, 6.45) is 0. The summed E-state index contributed by atoms with van der Waals surface area (Å²) < 4.78 is 5.99. The highest BCUT2D eigenvalue weighted by Gasteiger charge is 2.07. The molecule has 0 bridgehead atoms.